The van der Waals surface area contributed by atoms with Crippen molar-refractivity contribution < 1.29 is 19.0 Å². The van der Waals surface area contributed by atoms with Gasteiger partial charge in [0.05, 0.1) is 25.3 Å². The van der Waals surface area contributed by atoms with Crippen LogP contribution in [0.15, 0.2) is 42.5 Å². The molecule has 2 aliphatic heterocycles. The molecule has 180 valence electrons. The monoisotopic (exact) mass is 463 g/mol. The fourth-order valence-electron chi connectivity index (χ4n) is 5.24. The zero-order chi connectivity index (χ0) is 23.5. The standard InChI is InChI=1S/C27H33N3O4/c1-32-22-15-21(16-23(17-22)33-2)27(31)29-11-7-20(8-12-29)26-28-24-5-3-4-6-25(24)30(26)18-19-9-13-34-14-10-19/h3-6,15-17,19-20H,7-14,18H2,1-2H3. The summed E-state index contributed by atoms with van der Waals surface area (Å²) in [5.41, 5.74) is 2.87. The highest BCUT2D eigenvalue weighted by Crippen LogP contribution is 2.33. The molecule has 0 unspecified atom stereocenters. The Bertz CT molecular complexity index is 1120. The van der Waals surface area contributed by atoms with E-state index >= 15 is 0 Å². The Balaban J connectivity index is 1.33. The number of rotatable bonds is 6. The number of ether oxygens (including phenoxy) is 3. The lowest BCUT2D eigenvalue weighted by Gasteiger charge is -2.32. The number of imidazole rings is 1. The molecule has 0 atom stereocenters. The first-order valence-corrected chi connectivity index (χ1v) is 12.2. The van der Waals surface area contributed by atoms with Crippen molar-refractivity contribution in [3.63, 3.8) is 0 Å². The van der Waals surface area contributed by atoms with E-state index in [2.05, 4.69) is 28.8 Å². The van der Waals surface area contributed by atoms with Gasteiger partial charge in [0.25, 0.3) is 5.91 Å². The van der Waals surface area contributed by atoms with Crippen LogP contribution in [-0.4, -0.2) is 60.9 Å². The molecule has 2 aromatic carbocycles. The molecule has 0 spiro atoms. The molecule has 0 bridgehead atoms. The summed E-state index contributed by atoms with van der Waals surface area (Å²) in [6, 6.07) is 13.8. The number of hydrogen-bond donors (Lipinski definition) is 0. The number of benzene rings is 2. The molecule has 0 aliphatic carbocycles. The first kappa shape index (κ1) is 22.7. The number of nitrogens with zero attached hydrogens (tertiary/aromatic N) is 3. The number of carbonyl (C=O) groups excluding carboxylic acids is 1. The third-order valence-corrected chi connectivity index (χ3v) is 7.21. The van der Waals surface area contributed by atoms with Crippen LogP contribution in [0.5, 0.6) is 11.5 Å². The lowest BCUT2D eigenvalue weighted by molar-refractivity contribution is 0.0610. The van der Waals surface area contributed by atoms with E-state index in [4.69, 9.17) is 19.2 Å². The number of methoxy groups -OCH3 is 2. The van der Waals surface area contributed by atoms with Crippen LogP contribution >= 0.6 is 0 Å². The van der Waals surface area contributed by atoms with Crippen molar-refractivity contribution in [3.05, 3.63) is 53.9 Å². The van der Waals surface area contributed by atoms with Crippen molar-refractivity contribution in [2.75, 3.05) is 40.5 Å². The Hall–Kier alpha value is -3.06. The van der Waals surface area contributed by atoms with Crippen molar-refractivity contribution in [3.8, 4) is 11.5 Å². The largest absolute Gasteiger partial charge is 0.497 e. The molecule has 1 amide bonds. The molecule has 3 aromatic rings. The molecule has 34 heavy (non-hydrogen) atoms. The Kier molecular flexibility index (Phi) is 6.72. The lowest BCUT2D eigenvalue weighted by Crippen LogP contribution is -2.38. The number of amides is 1. The third kappa shape index (κ3) is 4.62. The molecule has 7 heteroatoms. The molecular weight excluding hydrogens is 430 g/mol. The van der Waals surface area contributed by atoms with Gasteiger partial charge in [0.15, 0.2) is 0 Å². The molecular formula is C27H33N3O4. The van der Waals surface area contributed by atoms with Crippen molar-refractivity contribution in [2.24, 2.45) is 5.92 Å². The quantitative estimate of drug-likeness (QED) is 0.539. The summed E-state index contributed by atoms with van der Waals surface area (Å²) in [4.78, 5) is 20.2. The van der Waals surface area contributed by atoms with Gasteiger partial charge in [-0.3, -0.25) is 4.79 Å². The maximum Gasteiger partial charge on any atom is 0.254 e. The van der Waals surface area contributed by atoms with Gasteiger partial charge in [-0.15, -0.1) is 0 Å². The maximum absolute atomic E-state index is 13.2. The van der Waals surface area contributed by atoms with Crippen LogP contribution in [0.3, 0.4) is 0 Å². The van der Waals surface area contributed by atoms with Gasteiger partial charge in [-0.2, -0.15) is 0 Å². The van der Waals surface area contributed by atoms with E-state index in [0.717, 1.165) is 51.0 Å². The SMILES string of the molecule is COc1cc(OC)cc(C(=O)N2CCC(c3nc4ccccc4n3CC3CCOCC3)CC2)c1. The summed E-state index contributed by atoms with van der Waals surface area (Å²) < 4.78 is 18.7. The summed E-state index contributed by atoms with van der Waals surface area (Å²) in [6.45, 7) is 4.11. The minimum Gasteiger partial charge on any atom is -0.497 e. The highest BCUT2D eigenvalue weighted by Gasteiger charge is 2.29. The number of para-hydroxylation sites is 2. The van der Waals surface area contributed by atoms with Crippen LogP contribution in [0.25, 0.3) is 11.0 Å². The zero-order valence-electron chi connectivity index (χ0n) is 20.0. The predicted octanol–water partition coefficient (Wildman–Crippen LogP) is 4.50. The number of piperidine rings is 1. The summed E-state index contributed by atoms with van der Waals surface area (Å²) in [6.07, 6.45) is 4.01. The van der Waals surface area contributed by atoms with Crippen molar-refractivity contribution in [2.45, 2.75) is 38.1 Å². The summed E-state index contributed by atoms with van der Waals surface area (Å²) in [5.74, 6) is 3.40. The average Bonchev–Trinajstić information content (AvgIpc) is 3.26. The van der Waals surface area contributed by atoms with Crippen molar-refractivity contribution >= 4 is 16.9 Å². The van der Waals surface area contributed by atoms with E-state index in [9.17, 15) is 4.79 Å². The topological polar surface area (TPSA) is 65.8 Å². The first-order chi connectivity index (χ1) is 16.7. The maximum atomic E-state index is 13.2. The second kappa shape index (κ2) is 10.1. The van der Waals surface area contributed by atoms with Gasteiger partial charge in [-0.1, -0.05) is 12.1 Å². The van der Waals surface area contributed by atoms with Crippen LogP contribution in [0, 0.1) is 5.92 Å². The molecule has 3 heterocycles. The van der Waals surface area contributed by atoms with Crippen LogP contribution in [0.1, 0.15) is 47.8 Å². The van der Waals surface area contributed by atoms with E-state index in [1.165, 1.54) is 11.3 Å². The van der Waals surface area contributed by atoms with Gasteiger partial charge < -0.3 is 23.7 Å². The summed E-state index contributed by atoms with van der Waals surface area (Å²) >= 11 is 0. The van der Waals surface area contributed by atoms with E-state index < -0.39 is 0 Å². The van der Waals surface area contributed by atoms with Gasteiger partial charge in [0.1, 0.15) is 17.3 Å². The van der Waals surface area contributed by atoms with Crippen LogP contribution in [0.2, 0.25) is 0 Å². The molecule has 7 nitrogen and oxygen atoms in total. The van der Waals surface area contributed by atoms with Gasteiger partial charge in [0.2, 0.25) is 0 Å². The van der Waals surface area contributed by atoms with Gasteiger partial charge >= 0.3 is 0 Å². The highest BCUT2D eigenvalue weighted by atomic mass is 16.5. The van der Waals surface area contributed by atoms with Crippen LogP contribution in [0.4, 0.5) is 0 Å². The Morgan fingerprint density at radius 1 is 1.00 bits per heavy atom. The Morgan fingerprint density at radius 2 is 1.68 bits per heavy atom. The summed E-state index contributed by atoms with van der Waals surface area (Å²) in [5, 5.41) is 0. The summed E-state index contributed by atoms with van der Waals surface area (Å²) in [7, 11) is 3.20. The van der Waals surface area contributed by atoms with Gasteiger partial charge in [0, 0.05) is 50.4 Å². The fourth-order valence-corrected chi connectivity index (χ4v) is 5.24. The van der Waals surface area contributed by atoms with Crippen LogP contribution in [-0.2, 0) is 11.3 Å². The fraction of sp³-hybridized carbons (Fsp3) is 0.481. The van der Waals surface area contributed by atoms with Gasteiger partial charge in [-0.05, 0) is 55.9 Å². The lowest BCUT2D eigenvalue weighted by atomic mass is 9.94. The zero-order valence-corrected chi connectivity index (χ0v) is 20.0. The first-order valence-electron chi connectivity index (χ1n) is 12.2. The predicted molar refractivity (Wildman–Crippen MR) is 131 cm³/mol. The van der Waals surface area contributed by atoms with E-state index in [1.807, 2.05) is 4.90 Å². The van der Waals surface area contributed by atoms with Crippen LogP contribution < -0.4 is 9.47 Å². The molecule has 2 fully saturated rings. The van der Waals surface area contributed by atoms with E-state index in [1.54, 1.807) is 32.4 Å². The minimum absolute atomic E-state index is 0.0198. The molecule has 0 saturated carbocycles. The van der Waals surface area contributed by atoms with Crippen molar-refractivity contribution in [1.29, 1.82) is 0 Å². The second-order valence-corrected chi connectivity index (χ2v) is 9.29. The number of aromatic nitrogens is 2. The Labute approximate surface area is 200 Å². The number of carbonyl (C=O) groups is 1. The normalized spacial score (nSPS) is 17.8. The molecule has 0 radical (unpaired) electrons. The molecule has 2 saturated heterocycles. The molecule has 5 rings (SSSR count). The van der Waals surface area contributed by atoms with Crippen molar-refractivity contribution in [1.82, 2.24) is 14.5 Å². The van der Waals surface area contributed by atoms with Gasteiger partial charge in [-0.25, -0.2) is 4.98 Å². The average molecular weight is 464 g/mol. The smallest absolute Gasteiger partial charge is 0.254 e. The highest BCUT2D eigenvalue weighted by molar-refractivity contribution is 5.95. The second-order valence-electron chi connectivity index (χ2n) is 9.29. The molecule has 1 aromatic heterocycles. The number of fused-ring (bicyclic) bond motifs is 1. The number of hydrogen-bond acceptors (Lipinski definition) is 5. The van der Waals surface area contributed by atoms with E-state index in [-0.39, 0.29) is 5.91 Å². The van der Waals surface area contributed by atoms with E-state index in [0.29, 0.717) is 42.0 Å². The molecule has 2 aliphatic rings. The third-order valence-electron chi connectivity index (χ3n) is 7.21. The minimum atomic E-state index is 0.0198. The number of likely N-dealkylation sites (tertiary alicyclic amines) is 1. The molecule has 0 N–H and O–H groups in total. The Morgan fingerprint density at radius 3 is 2.35 bits per heavy atom.